The number of hydrogen-bond donors (Lipinski definition) is 3. The van der Waals surface area contributed by atoms with Crippen molar-refractivity contribution in [2.75, 3.05) is 0 Å². The average Bonchev–Trinajstić information content (AvgIpc) is 2.37. The van der Waals surface area contributed by atoms with Gasteiger partial charge in [-0.2, -0.15) is 0 Å². The van der Waals surface area contributed by atoms with Crippen molar-refractivity contribution in [2.24, 2.45) is 0 Å². The van der Waals surface area contributed by atoms with Gasteiger partial charge in [0.15, 0.2) is 12.2 Å². The number of esters is 2. The van der Waals surface area contributed by atoms with Crippen LogP contribution in [0.3, 0.4) is 0 Å². The van der Waals surface area contributed by atoms with Crippen molar-refractivity contribution in [3.8, 4) is 0 Å². The first kappa shape index (κ1) is 17.7. The number of carbonyl (C=O) groups is 3. The van der Waals surface area contributed by atoms with Gasteiger partial charge in [-0.25, -0.2) is 14.4 Å². The zero-order valence-corrected chi connectivity index (χ0v) is 10.4. The molecular formula is C12H14O8. The van der Waals surface area contributed by atoms with Crippen LogP contribution in [0.2, 0.25) is 0 Å². The Morgan fingerprint density at radius 3 is 2.15 bits per heavy atom. The van der Waals surface area contributed by atoms with Crippen molar-refractivity contribution in [1.82, 2.24) is 0 Å². The second kappa shape index (κ2) is 7.34. The molecule has 0 aliphatic carbocycles. The van der Waals surface area contributed by atoms with Crippen LogP contribution in [0.25, 0.3) is 0 Å². The van der Waals surface area contributed by atoms with E-state index in [-0.39, 0.29) is 11.0 Å². The number of aryl methyl sites for hydroxylation is 1. The highest BCUT2D eigenvalue weighted by molar-refractivity contribution is 5.99. The molecule has 0 bridgehead atoms. The predicted octanol–water partition coefficient (Wildman–Crippen LogP) is -1.34. The van der Waals surface area contributed by atoms with Crippen molar-refractivity contribution in [3.63, 3.8) is 0 Å². The quantitative estimate of drug-likeness (QED) is 0.457. The van der Waals surface area contributed by atoms with Gasteiger partial charge in [0, 0.05) is 0 Å². The first-order valence-electron chi connectivity index (χ1n) is 5.25. The molecule has 0 aromatic heterocycles. The number of ether oxygens (including phenoxy) is 1. The zero-order chi connectivity index (χ0) is 14.6. The summed E-state index contributed by atoms with van der Waals surface area (Å²) in [6, 6.07) is 6.25. The molecule has 0 aliphatic rings. The number of rotatable bonds is 4. The van der Waals surface area contributed by atoms with E-state index in [9.17, 15) is 14.4 Å². The van der Waals surface area contributed by atoms with Gasteiger partial charge in [-0.3, -0.25) is 0 Å². The molecule has 5 N–H and O–H groups in total. The SMILES string of the molecule is Cc1ccccc1C(=O)OC(=O)C(O)C(O)C(=O)O.O. The van der Waals surface area contributed by atoms with E-state index in [0.717, 1.165) is 0 Å². The van der Waals surface area contributed by atoms with Crippen LogP contribution >= 0.6 is 0 Å². The topological polar surface area (TPSA) is 153 Å². The molecule has 110 valence electrons. The number of benzene rings is 1. The monoisotopic (exact) mass is 286 g/mol. The summed E-state index contributed by atoms with van der Waals surface area (Å²) < 4.78 is 4.30. The Morgan fingerprint density at radius 2 is 1.65 bits per heavy atom. The molecular weight excluding hydrogens is 272 g/mol. The highest BCUT2D eigenvalue weighted by Gasteiger charge is 2.33. The average molecular weight is 286 g/mol. The van der Waals surface area contributed by atoms with E-state index in [2.05, 4.69) is 4.74 Å². The predicted molar refractivity (Wildman–Crippen MR) is 64.9 cm³/mol. The largest absolute Gasteiger partial charge is 0.479 e. The maximum atomic E-state index is 11.6. The van der Waals surface area contributed by atoms with Crippen molar-refractivity contribution >= 4 is 17.9 Å². The molecule has 8 heteroatoms. The summed E-state index contributed by atoms with van der Waals surface area (Å²) in [5.74, 6) is -4.35. The number of aliphatic carboxylic acids is 1. The van der Waals surface area contributed by atoms with Gasteiger partial charge in [0.2, 0.25) is 0 Å². The molecule has 2 atom stereocenters. The fraction of sp³-hybridized carbons (Fsp3) is 0.250. The molecule has 20 heavy (non-hydrogen) atoms. The summed E-state index contributed by atoms with van der Waals surface area (Å²) >= 11 is 0. The summed E-state index contributed by atoms with van der Waals surface area (Å²) in [5, 5.41) is 26.5. The summed E-state index contributed by atoms with van der Waals surface area (Å²) in [6.07, 6.45) is -4.68. The van der Waals surface area contributed by atoms with E-state index < -0.39 is 30.1 Å². The molecule has 0 heterocycles. The number of carboxylic acids is 1. The first-order chi connectivity index (χ1) is 8.84. The lowest BCUT2D eigenvalue weighted by Gasteiger charge is -2.12. The molecule has 0 spiro atoms. The number of carbonyl (C=O) groups excluding carboxylic acids is 2. The van der Waals surface area contributed by atoms with E-state index in [1.165, 1.54) is 6.07 Å². The summed E-state index contributed by atoms with van der Waals surface area (Å²) in [7, 11) is 0. The normalized spacial score (nSPS) is 12.8. The Hall–Kier alpha value is -2.29. The standard InChI is InChI=1S/C12H12O7.H2O/c1-6-4-2-3-5-7(6)11(17)19-12(18)9(14)8(13)10(15)16;/h2-5,8-9,13-14H,1H3,(H,15,16);1H2. The third kappa shape index (κ3) is 4.12. The summed E-state index contributed by atoms with van der Waals surface area (Å²) in [6.45, 7) is 1.61. The van der Waals surface area contributed by atoms with E-state index >= 15 is 0 Å². The highest BCUT2D eigenvalue weighted by atomic mass is 16.6. The molecule has 0 saturated heterocycles. The maximum Gasteiger partial charge on any atom is 0.346 e. The Bertz CT molecular complexity index is 510. The second-order valence-corrected chi connectivity index (χ2v) is 3.75. The van der Waals surface area contributed by atoms with Gasteiger partial charge in [-0.15, -0.1) is 0 Å². The Balaban J connectivity index is 0.00000361. The van der Waals surface area contributed by atoms with Crippen LogP contribution in [0.1, 0.15) is 15.9 Å². The first-order valence-corrected chi connectivity index (χ1v) is 5.25. The number of aliphatic hydroxyl groups excluding tert-OH is 2. The molecule has 1 rings (SSSR count). The molecule has 8 nitrogen and oxygen atoms in total. The van der Waals surface area contributed by atoms with E-state index in [1.807, 2.05) is 0 Å². The van der Waals surface area contributed by atoms with Crippen LogP contribution < -0.4 is 0 Å². The molecule has 2 unspecified atom stereocenters. The van der Waals surface area contributed by atoms with Crippen LogP contribution in [0.4, 0.5) is 0 Å². The molecule has 1 aromatic carbocycles. The number of carboxylic acid groups (broad SMARTS) is 1. The maximum absolute atomic E-state index is 11.6. The lowest BCUT2D eigenvalue weighted by Crippen LogP contribution is -2.41. The van der Waals surface area contributed by atoms with Gasteiger partial charge in [0.25, 0.3) is 0 Å². The zero-order valence-electron chi connectivity index (χ0n) is 10.4. The fourth-order valence-electron chi connectivity index (χ4n) is 1.27. The van der Waals surface area contributed by atoms with Crippen LogP contribution in [-0.2, 0) is 14.3 Å². The van der Waals surface area contributed by atoms with Crippen LogP contribution in [-0.4, -0.2) is 50.9 Å². The van der Waals surface area contributed by atoms with Gasteiger partial charge in [0.05, 0.1) is 5.56 Å². The summed E-state index contributed by atoms with van der Waals surface area (Å²) in [5.41, 5.74) is 0.654. The van der Waals surface area contributed by atoms with E-state index in [4.69, 9.17) is 15.3 Å². The minimum atomic E-state index is -2.35. The number of aliphatic hydroxyl groups is 2. The van der Waals surface area contributed by atoms with Gasteiger partial charge < -0.3 is 25.5 Å². The number of hydrogen-bond acceptors (Lipinski definition) is 6. The van der Waals surface area contributed by atoms with Crippen molar-refractivity contribution < 1.29 is 39.9 Å². The van der Waals surface area contributed by atoms with Crippen LogP contribution in [0.5, 0.6) is 0 Å². The molecule has 0 aliphatic heterocycles. The second-order valence-electron chi connectivity index (χ2n) is 3.75. The molecule has 0 fully saturated rings. The fourth-order valence-corrected chi connectivity index (χ4v) is 1.27. The smallest absolute Gasteiger partial charge is 0.346 e. The van der Waals surface area contributed by atoms with E-state index in [0.29, 0.717) is 5.56 Å². The molecule has 0 amide bonds. The minimum Gasteiger partial charge on any atom is -0.479 e. The molecule has 1 aromatic rings. The van der Waals surface area contributed by atoms with Crippen LogP contribution in [0, 0.1) is 6.92 Å². The van der Waals surface area contributed by atoms with Crippen molar-refractivity contribution in [3.05, 3.63) is 35.4 Å². The Labute approximate surface area is 113 Å². The third-order valence-corrected chi connectivity index (χ3v) is 2.35. The van der Waals surface area contributed by atoms with Gasteiger partial charge in [-0.1, -0.05) is 18.2 Å². The van der Waals surface area contributed by atoms with Gasteiger partial charge >= 0.3 is 17.9 Å². The minimum absolute atomic E-state index is 0. The summed E-state index contributed by atoms with van der Waals surface area (Å²) in [4.78, 5) is 33.2. The van der Waals surface area contributed by atoms with Gasteiger partial charge in [0.1, 0.15) is 0 Å². The Morgan fingerprint density at radius 1 is 1.10 bits per heavy atom. The van der Waals surface area contributed by atoms with Crippen molar-refractivity contribution in [1.29, 1.82) is 0 Å². The van der Waals surface area contributed by atoms with Gasteiger partial charge in [-0.05, 0) is 18.6 Å². The lowest BCUT2D eigenvalue weighted by atomic mass is 10.1. The Kier molecular flexibility index (Phi) is 6.50. The van der Waals surface area contributed by atoms with Crippen LogP contribution in [0.15, 0.2) is 24.3 Å². The highest BCUT2D eigenvalue weighted by Crippen LogP contribution is 2.09. The third-order valence-electron chi connectivity index (χ3n) is 2.35. The lowest BCUT2D eigenvalue weighted by molar-refractivity contribution is -0.166. The molecule has 0 saturated carbocycles. The molecule has 0 radical (unpaired) electrons. The van der Waals surface area contributed by atoms with Crippen molar-refractivity contribution in [2.45, 2.75) is 19.1 Å². The van der Waals surface area contributed by atoms with E-state index in [1.54, 1.807) is 25.1 Å².